The Labute approximate surface area is 161 Å². The fraction of sp³-hybridized carbons (Fsp3) is 0.350. The summed E-state index contributed by atoms with van der Waals surface area (Å²) in [6, 6.07) is 12.6. The molecule has 7 heteroatoms. The minimum absolute atomic E-state index is 0.0416. The summed E-state index contributed by atoms with van der Waals surface area (Å²) in [5.74, 6) is 0.515. The van der Waals surface area contributed by atoms with Crippen molar-refractivity contribution in [2.24, 2.45) is 0 Å². The molecule has 0 aliphatic rings. The Hall–Kier alpha value is -2.38. The van der Waals surface area contributed by atoms with Gasteiger partial charge in [0.2, 0.25) is 15.9 Å². The van der Waals surface area contributed by atoms with Crippen LogP contribution in [0.2, 0.25) is 0 Å². The largest absolute Gasteiger partial charge is 0.492 e. The number of aryl methyl sites for hydroxylation is 3. The predicted molar refractivity (Wildman–Crippen MR) is 105 cm³/mol. The highest BCUT2D eigenvalue weighted by molar-refractivity contribution is 7.89. The molecule has 1 amide bonds. The first kappa shape index (κ1) is 20.9. The fourth-order valence-electron chi connectivity index (χ4n) is 2.35. The average molecular weight is 391 g/mol. The van der Waals surface area contributed by atoms with Gasteiger partial charge in [0.15, 0.2) is 0 Å². The molecule has 0 saturated carbocycles. The standard InChI is InChI=1S/C20H26N2O4S/c1-15-4-7-18(8-5-15)26-13-12-21-20(23)10-11-22-27(24,25)19-9-6-16(2)17(3)14-19/h4-9,14,22H,10-13H2,1-3H3,(H,21,23). The van der Waals surface area contributed by atoms with Crippen molar-refractivity contribution in [1.29, 1.82) is 0 Å². The van der Waals surface area contributed by atoms with Crippen molar-refractivity contribution in [3.8, 4) is 5.75 Å². The van der Waals surface area contributed by atoms with Crippen LogP contribution in [0.4, 0.5) is 0 Å². The lowest BCUT2D eigenvalue weighted by molar-refractivity contribution is -0.121. The van der Waals surface area contributed by atoms with Gasteiger partial charge < -0.3 is 10.1 Å². The van der Waals surface area contributed by atoms with Gasteiger partial charge in [-0.05, 0) is 56.2 Å². The number of carbonyl (C=O) groups is 1. The first-order valence-electron chi connectivity index (χ1n) is 8.81. The number of ether oxygens (including phenoxy) is 1. The third kappa shape index (κ3) is 6.69. The summed E-state index contributed by atoms with van der Waals surface area (Å²) in [4.78, 5) is 12.0. The van der Waals surface area contributed by atoms with Crippen molar-refractivity contribution in [2.75, 3.05) is 19.7 Å². The third-order valence-electron chi connectivity index (χ3n) is 4.15. The lowest BCUT2D eigenvalue weighted by Crippen LogP contribution is -2.32. The molecule has 2 aromatic rings. The molecule has 146 valence electrons. The highest BCUT2D eigenvalue weighted by Gasteiger charge is 2.14. The van der Waals surface area contributed by atoms with E-state index in [9.17, 15) is 13.2 Å². The monoisotopic (exact) mass is 390 g/mol. The van der Waals surface area contributed by atoms with E-state index in [0.717, 1.165) is 22.4 Å². The van der Waals surface area contributed by atoms with Crippen LogP contribution in [0.5, 0.6) is 5.75 Å². The number of rotatable bonds is 9. The summed E-state index contributed by atoms with van der Waals surface area (Å²) < 4.78 is 32.5. The molecule has 0 aromatic heterocycles. The summed E-state index contributed by atoms with van der Waals surface area (Å²) in [7, 11) is -3.61. The van der Waals surface area contributed by atoms with Gasteiger partial charge in [0, 0.05) is 13.0 Å². The van der Waals surface area contributed by atoms with Crippen LogP contribution in [-0.4, -0.2) is 34.0 Å². The topological polar surface area (TPSA) is 84.5 Å². The molecular weight excluding hydrogens is 364 g/mol. The average Bonchev–Trinajstić information content (AvgIpc) is 2.62. The van der Waals surface area contributed by atoms with Crippen LogP contribution in [0.1, 0.15) is 23.1 Å². The lowest BCUT2D eigenvalue weighted by Gasteiger charge is -2.10. The summed E-state index contributed by atoms with van der Waals surface area (Å²) in [5.41, 5.74) is 3.09. The molecule has 27 heavy (non-hydrogen) atoms. The van der Waals surface area contributed by atoms with Crippen LogP contribution in [0.15, 0.2) is 47.4 Å². The molecule has 2 N–H and O–H groups in total. The first-order chi connectivity index (χ1) is 12.8. The Bertz CT molecular complexity index is 877. The third-order valence-corrected chi connectivity index (χ3v) is 5.61. The number of sulfonamides is 1. The minimum Gasteiger partial charge on any atom is -0.492 e. The summed E-state index contributed by atoms with van der Waals surface area (Å²) in [6.45, 7) is 6.53. The number of nitrogens with one attached hydrogen (secondary N) is 2. The van der Waals surface area contributed by atoms with Crippen molar-refractivity contribution < 1.29 is 17.9 Å². The Morgan fingerprint density at radius 3 is 2.33 bits per heavy atom. The number of carbonyl (C=O) groups excluding carboxylic acids is 1. The maximum atomic E-state index is 12.3. The van der Waals surface area contributed by atoms with Crippen molar-refractivity contribution in [1.82, 2.24) is 10.0 Å². The second-order valence-electron chi connectivity index (χ2n) is 6.41. The molecule has 0 heterocycles. The summed E-state index contributed by atoms with van der Waals surface area (Å²) >= 11 is 0. The molecule has 0 saturated heterocycles. The van der Waals surface area contributed by atoms with Crippen LogP contribution in [0.25, 0.3) is 0 Å². The maximum absolute atomic E-state index is 12.3. The molecule has 0 bridgehead atoms. The lowest BCUT2D eigenvalue weighted by atomic mass is 10.1. The smallest absolute Gasteiger partial charge is 0.240 e. The highest BCUT2D eigenvalue weighted by Crippen LogP contribution is 2.14. The van der Waals surface area contributed by atoms with Gasteiger partial charge in [-0.25, -0.2) is 13.1 Å². The van der Waals surface area contributed by atoms with Crippen molar-refractivity contribution in [3.05, 3.63) is 59.2 Å². The number of benzene rings is 2. The van der Waals surface area contributed by atoms with E-state index >= 15 is 0 Å². The molecule has 0 aliphatic carbocycles. The van der Waals surface area contributed by atoms with Crippen molar-refractivity contribution in [3.63, 3.8) is 0 Å². The van der Waals surface area contributed by atoms with Gasteiger partial charge in [0.05, 0.1) is 11.4 Å². The number of amides is 1. The molecular formula is C20H26N2O4S. The van der Waals surface area contributed by atoms with Gasteiger partial charge in [-0.1, -0.05) is 23.8 Å². The van der Waals surface area contributed by atoms with Gasteiger partial charge in [0.1, 0.15) is 12.4 Å². The quantitative estimate of drug-likeness (QED) is 0.644. The molecule has 0 fully saturated rings. The van der Waals surface area contributed by atoms with Crippen LogP contribution >= 0.6 is 0 Å². The molecule has 6 nitrogen and oxygen atoms in total. The Morgan fingerprint density at radius 1 is 0.963 bits per heavy atom. The van der Waals surface area contributed by atoms with Gasteiger partial charge in [0.25, 0.3) is 0 Å². The number of hydrogen-bond acceptors (Lipinski definition) is 4. The van der Waals surface area contributed by atoms with E-state index in [-0.39, 0.29) is 23.8 Å². The van der Waals surface area contributed by atoms with Gasteiger partial charge in [-0.2, -0.15) is 0 Å². The van der Waals surface area contributed by atoms with Gasteiger partial charge in [-0.15, -0.1) is 0 Å². The molecule has 0 aliphatic heterocycles. The van der Waals surface area contributed by atoms with E-state index in [1.165, 1.54) is 0 Å². The van der Waals surface area contributed by atoms with Gasteiger partial charge in [-0.3, -0.25) is 4.79 Å². The maximum Gasteiger partial charge on any atom is 0.240 e. The SMILES string of the molecule is Cc1ccc(OCCNC(=O)CCNS(=O)(=O)c2ccc(C)c(C)c2)cc1. The van der Waals surface area contributed by atoms with Crippen LogP contribution in [0, 0.1) is 20.8 Å². The van der Waals surface area contributed by atoms with E-state index in [2.05, 4.69) is 10.0 Å². The van der Waals surface area contributed by atoms with Crippen molar-refractivity contribution in [2.45, 2.75) is 32.1 Å². The van der Waals surface area contributed by atoms with Crippen LogP contribution in [-0.2, 0) is 14.8 Å². The Kier molecular flexibility index (Phi) is 7.38. The zero-order valence-electron chi connectivity index (χ0n) is 15.9. The summed E-state index contributed by atoms with van der Waals surface area (Å²) in [5, 5.41) is 2.71. The zero-order valence-corrected chi connectivity index (χ0v) is 16.7. The Balaban J connectivity index is 1.69. The Morgan fingerprint density at radius 2 is 1.67 bits per heavy atom. The van der Waals surface area contributed by atoms with Crippen molar-refractivity contribution >= 4 is 15.9 Å². The second kappa shape index (κ2) is 9.53. The molecule has 2 aromatic carbocycles. The van der Waals surface area contributed by atoms with E-state index < -0.39 is 10.0 Å². The van der Waals surface area contributed by atoms with Crippen LogP contribution in [0.3, 0.4) is 0 Å². The molecule has 0 spiro atoms. The first-order valence-corrected chi connectivity index (χ1v) is 10.3. The summed E-state index contributed by atoms with van der Waals surface area (Å²) in [6.07, 6.45) is 0.0641. The van der Waals surface area contributed by atoms with E-state index in [1.54, 1.807) is 18.2 Å². The molecule has 0 unspecified atom stereocenters. The van der Waals surface area contributed by atoms with Gasteiger partial charge >= 0.3 is 0 Å². The predicted octanol–water partition coefficient (Wildman–Crippen LogP) is 2.48. The highest BCUT2D eigenvalue weighted by atomic mass is 32.2. The molecule has 0 radical (unpaired) electrons. The second-order valence-corrected chi connectivity index (χ2v) is 8.17. The zero-order chi connectivity index (χ0) is 19.9. The normalized spacial score (nSPS) is 11.2. The van der Waals surface area contributed by atoms with Crippen LogP contribution < -0.4 is 14.8 Å². The number of hydrogen-bond donors (Lipinski definition) is 2. The minimum atomic E-state index is -3.61. The van der Waals surface area contributed by atoms with E-state index in [0.29, 0.717) is 13.2 Å². The van der Waals surface area contributed by atoms with E-state index in [1.807, 2.05) is 45.0 Å². The van der Waals surface area contributed by atoms with E-state index in [4.69, 9.17) is 4.74 Å². The fourth-order valence-corrected chi connectivity index (χ4v) is 3.46. The molecule has 2 rings (SSSR count). The molecule has 0 atom stereocenters.